The van der Waals surface area contributed by atoms with E-state index in [2.05, 4.69) is 25.9 Å². The summed E-state index contributed by atoms with van der Waals surface area (Å²) in [4.78, 5) is 16.9. The van der Waals surface area contributed by atoms with Crippen LogP contribution < -0.4 is 10.6 Å². The number of nitrogens with one attached hydrogen (secondary N) is 2. The Hall–Kier alpha value is -1.22. The van der Waals surface area contributed by atoms with E-state index in [1.807, 2.05) is 30.8 Å². The number of hydrogen-bond donors (Lipinski definition) is 2. The van der Waals surface area contributed by atoms with Crippen LogP contribution in [0.1, 0.15) is 53.9 Å². The highest BCUT2D eigenvalue weighted by Crippen LogP contribution is 2.24. The fourth-order valence-electron chi connectivity index (χ4n) is 2.88. The average molecular weight is 407 g/mol. The highest BCUT2D eigenvalue weighted by atomic mass is 35.5. The van der Waals surface area contributed by atoms with Crippen LogP contribution in [0.2, 0.25) is 0 Å². The van der Waals surface area contributed by atoms with Gasteiger partial charge in [-0.15, -0.1) is 41.2 Å². The number of hydrogen-bond acceptors (Lipinski definition) is 6. The molecule has 1 aliphatic heterocycles. The molecule has 0 aromatic carbocycles. The monoisotopic (exact) mass is 406 g/mol. The lowest BCUT2D eigenvalue weighted by atomic mass is 10.1. The maximum absolute atomic E-state index is 12.6. The number of aromatic nitrogens is 4. The van der Waals surface area contributed by atoms with Gasteiger partial charge in [-0.1, -0.05) is 5.21 Å². The van der Waals surface area contributed by atoms with Gasteiger partial charge in [0.15, 0.2) is 5.69 Å². The lowest BCUT2D eigenvalue weighted by Crippen LogP contribution is -2.41. The van der Waals surface area contributed by atoms with Crippen molar-refractivity contribution in [3.8, 4) is 0 Å². The number of thiazole rings is 1. The summed E-state index contributed by atoms with van der Waals surface area (Å²) in [6.07, 6.45) is 3.76. The van der Waals surface area contributed by atoms with Crippen molar-refractivity contribution in [3.05, 3.63) is 28.0 Å². The molecule has 7 nitrogen and oxygen atoms in total. The van der Waals surface area contributed by atoms with Gasteiger partial charge in [0.2, 0.25) is 0 Å². The lowest BCUT2D eigenvalue weighted by molar-refractivity contribution is 0.0906. The van der Waals surface area contributed by atoms with Gasteiger partial charge in [0.1, 0.15) is 5.01 Å². The number of carbonyl (C=O) groups excluding carboxylic acids is 1. The van der Waals surface area contributed by atoms with E-state index in [1.54, 1.807) is 6.20 Å². The molecule has 1 saturated heterocycles. The third-order valence-corrected chi connectivity index (χ3v) is 5.29. The van der Waals surface area contributed by atoms with Crippen molar-refractivity contribution in [1.29, 1.82) is 0 Å². The summed E-state index contributed by atoms with van der Waals surface area (Å²) in [6.45, 7) is 7.74. The van der Waals surface area contributed by atoms with E-state index >= 15 is 0 Å². The minimum atomic E-state index is -0.532. The van der Waals surface area contributed by atoms with Crippen LogP contribution in [0.4, 0.5) is 0 Å². The smallest absolute Gasteiger partial charge is 0.274 e. The molecule has 0 atom stereocenters. The van der Waals surface area contributed by atoms with Crippen LogP contribution in [0.5, 0.6) is 0 Å². The molecule has 2 N–H and O–H groups in total. The molecule has 0 spiro atoms. The first-order chi connectivity index (χ1) is 11.0. The van der Waals surface area contributed by atoms with Crippen LogP contribution in [-0.4, -0.2) is 39.0 Å². The highest BCUT2D eigenvalue weighted by Gasteiger charge is 2.29. The maximum atomic E-state index is 12.6. The number of carbonyl (C=O) groups is 1. The fraction of sp³-hybridized carbons (Fsp3) is 0.600. The predicted molar refractivity (Wildman–Crippen MR) is 103 cm³/mol. The Morgan fingerprint density at radius 1 is 1.36 bits per heavy atom. The molecule has 0 bridgehead atoms. The third kappa shape index (κ3) is 4.69. The van der Waals surface area contributed by atoms with Crippen LogP contribution >= 0.6 is 36.2 Å². The van der Waals surface area contributed by atoms with Crippen molar-refractivity contribution >= 4 is 42.1 Å². The number of amides is 1. The van der Waals surface area contributed by atoms with E-state index < -0.39 is 5.54 Å². The zero-order valence-electron chi connectivity index (χ0n) is 14.5. The average Bonchev–Trinajstić information content (AvgIpc) is 3.17. The minimum Gasteiger partial charge on any atom is -0.339 e. The predicted octanol–water partition coefficient (Wildman–Crippen LogP) is 2.48. The largest absolute Gasteiger partial charge is 0.339 e. The Morgan fingerprint density at radius 3 is 2.64 bits per heavy atom. The Balaban J connectivity index is 0.00000156. The summed E-state index contributed by atoms with van der Waals surface area (Å²) in [5.74, 6) is -0.206. The molecule has 3 rings (SSSR count). The molecule has 2 aromatic rings. The number of rotatable bonds is 4. The van der Waals surface area contributed by atoms with Gasteiger partial charge < -0.3 is 10.6 Å². The summed E-state index contributed by atoms with van der Waals surface area (Å²) in [6, 6.07) is 0.317. The van der Waals surface area contributed by atoms with Crippen molar-refractivity contribution < 1.29 is 4.79 Å². The van der Waals surface area contributed by atoms with Crippen molar-refractivity contribution in [1.82, 2.24) is 30.6 Å². The standard InChI is InChI=1S/C15H22N6OS.2ClH/c1-10-12(19-20-21(10)11-4-6-16-7-5-11)13(22)18-15(2,3)14-17-8-9-23-14;;/h8-9,11,16H,4-7H2,1-3H3,(H,18,22);2*1H. The second-order valence-electron chi connectivity index (χ2n) is 6.37. The topological polar surface area (TPSA) is 84.7 Å². The maximum Gasteiger partial charge on any atom is 0.274 e. The van der Waals surface area contributed by atoms with Gasteiger partial charge in [0.05, 0.1) is 17.3 Å². The normalized spacial score (nSPS) is 15.2. The second-order valence-corrected chi connectivity index (χ2v) is 7.26. The van der Waals surface area contributed by atoms with Crippen molar-refractivity contribution in [2.24, 2.45) is 0 Å². The molecule has 1 aliphatic rings. The van der Waals surface area contributed by atoms with Gasteiger partial charge in [-0.2, -0.15) is 0 Å². The molecule has 0 radical (unpaired) electrons. The summed E-state index contributed by atoms with van der Waals surface area (Å²) < 4.78 is 1.89. The van der Waals surface area contributed by atoms with Gasteiger partial charge in [-0.05, 0) is 46.7 Å². The van der Waals surface area contributed by atoms with Gasteiger partial charge >= 0.3 is 0 Å². The van der Waals surface area contributed by atoms with Crippen molar-refractivity contribution in [3.63, 3.8) is 0 Å². The van der Waals surface area contributed by atoms with E-state index in [9.17, 15) is 4.79 Å². The van der Waals surface area contributed by atoms with E-state index in [0.29, 0.717) is 11.7 Å². The SMILES string of the molecule is Cc1c(C(=O)NC(C)(C)c2nccs2)nnn1C1CCNCC1.Cl.Cl. The third-order valence-electron chi connectivity index (χ3n) is 4.19. The molecule has 1 amide bonds. The quantitative estimate of drug-likeness (QED) is 0.814. The molecule has 0 aliphatic carbocycles. The van der Waals surface area contributed by atoms with Crippen LogP contribution in [-0.2, 0) is 5.54 Å². The first kappa shape index (κ1) is 21.8. The summed E-state index contributed by atoms with van der Waals surface area (Å²) in [5.41, 5.74) is 0.688. The molecule has 0 unspecified atom stereocenters. The Labute approximate surface area is 163 Å². The zero-order valence-corrected chi connectivity index (χ0v) is 16.9. The van der Waals surface area contributed by atoms with Gasteiger partial charge in [-0.25, -0.2) is 9.67 Å². The van der Waals surface area contributed by atoms with Crippen LogP contribution in [0, 0.1) is 6.92 Å². The number of halogens is 2. The lowest BCUT2D eigenvalue weighted by Gasteiger charge is -2.24. The fourth-order valence-corrected chi connectivity index (χ4v) is 3.60. The Bertz CT molecular complexity index is 682. The zero-order chi connectivity index (χ0) is 16.4. The molecule has 10 heteroatoms. The summed E-state index contributed by atoms with van der Waals surface area (Å²) in [5, 5.41) is 17.5. The summed E-state index contributed by atoms with van der Waals surface area (Å²) in [7, 11) is 0. The molecular weight excluding hydrogens is 383 g/mol. The van der Waals surface area contributed by atoms with E-state index in [0.717, 1.165) is 36.6 Å². The molecule has 0 saturated carbocycles. The Morgan fingerprint density at radius 2 is 2.04 bits per heavy atom. The second kappa shape index (κ2) is 8.93. The number of nitrogens with zero attached hydrogens (tertiary/aromatic N) is 4. The highest BCUT2D eigenvalue weighted by molar-refractivity contribution is 7.09. The molecule has 2 aromatic heterocycles. The van der Waals surface area contributed by atoms with E-state index in [-0.39, 0.29) is 30.7 Å². The molecule has 140 valence electrons. The molecule has 1 fully saturated rings. The molecule has 25 heavy (non-hydrogen) atoms. The van der Waals surface area contributed by atoms with Crippen LogP contribution in [0.15, 0.2) is 11.6 Å². The minimum absolute atomic E-state index is 0. The first-order valence-corrected chi connectivity index (χ1v) is 8.72. The van der Waals surface area contributed by atoms with Gasteiger partial charge in [0.25, 0.3) is 5.91 Å². The van der Waals surface area contributed by atoms with E-state index in [1.165, 1.54) is 11.3 Å². The Kier molecular flexibility index (Phi) is 7.80. The molecule has 3 heterocycles. The van der Waals surface area contributed by atoms with Crippen molar-refractivity contribution in [2.45, 2.75) is 45.2 Å². The number of piperidine rings is 1. The molecular formula is C15H24Cl2N6OS. The van der Waals surface area contributed by atoms with E-state index in [4.69, 9.17) is 0 Å². The first-order valence-electron chi connectivity index (χ1n) is 7.84. The summed E-state index contributed by atoms with van der Waals surface area (Å²) >= 11 is 1.53. The van der Waals surface area contributed by atoms with Crippen molar-refractivity contribution in [2.75, 3.05) is 13.1 Å². The van der Waals surface area contributed by atoms with Gasteiger partial charge in [0, 0.05) is 11.6 Å². The van der Waals surface area contributed by atoms with Crippen LogP contribution in [0.3, 0.4) is 0 Å². The van der Waals surface area contributed by atoms with Crippen LogP contribution in [0.25, 0.3) is 0 Å². The van der Waals surface area contributed by atoms with Gasteiger partial charge in [-0.3, -0.25) is 4.79 Å².